The van der Waals surface area contributed by atoms with E-state index in [4.69, 9.17) is 0 Å². The summed E-state index contributed by atoms with van der Waals surface area (Å²) in [5.74, 6) is -0.783. The Bertz CT molecular complexity index is 379. The molecule has 5 heteroatoms. The number of aromatic nitrogens is 1. The van der Waals surface area contributed by atoms with Gasteiger partial charge in [-0.05, 0) is 28.9 Å². The van der Waals surface area contributed by atoms with Gasteiger partial charge < -0.3 is 4.74 Å². The number of hydrogen-bond acceptors (Lipinski definition) is 4. The zero-order valence-corrected chi connectivity index (χ0v) is 9.78. The molecule has 0 aromatic carbocycles. The maximum atomic E-state index is 11.6. The van der Waals surface area contributed by atoms with E-state index < -0.39 is 5.97 Å². The van der Waals surface area contributed by atoms with E-state index in [0.29, 0.717) is 10.0 Å². The second-order valence-corrected chi connectivity index (χ2v) is 3.61. The van der Waals surface area contributed by atoms with Crippen molar-refractivity contribution in [2.45, 2.75) is 13.3 Å². The maximum absolute atomic E-state index is 11.6. The van der Waals surface area contributed by atoms with Crippen LogP contribution in [-0.2, 0) is 9.53 Å². The van der Waals surface area contributed by atoms with E-state index in [1.54, 1.807) is 13.0 Å². The number of carbonyl (C=O) groups excluding carboxylic acids is 2. The standard InChI is InChI=1S/C10H10BrNO3/c1-2-15-10(14)5-9(13)7-3-4-12-6-8(7)11/h3-4,6H,2,5H2,1H3. The second kappa shape index (κ2) is 5.60. The zero-order valence-electron chi connectivity index (χ0n) is 8.20. The summed E-state index contributed by atoms with van der Waals surface area (Å²) in [4.78, 5) is 26.5. The summed E-state index contributed by atoms with van der Waals surface area (Å²) in [5, 5.41) is 0. The summed E-state index contributed by atoms with van der Waals surface area (Å²) in [5.41, 5.74) is 0.443. The third-order valence-corrected chi connectivity index (χ3v) is 2.31. The summed E-state index contributed by atoms with van der Waals surface area (Å²) in [6, 6.07) is 1.56. The second-order valence-electron chi connectivity index (χ2n) is 2.76. The van der Waals surface area contributed by atoms with Crippen LogP contribution in [0.15, 0.2) is 22.9 Å². The van der Waals surface area contributed by atoms with Gasteiger partial charge in [0.05, 0.1) is 6.61 Å². The highest BCUT2D eigenvalue weighted by Crippen LogP contribution is 2.16. The third kappa shape index (κ3) is 3.43. The topological polar surface area (TPSA) is 56.3 Å². The van der Waals surface area contributed by atoms with E-state index in [0.717, 1.165) is 0 Å². The Morgan fingerprint density at radius 2 is 2.27 bits per heavy atom. The minimum Gasteiger partial charge on any atom is -0.466 e. The highest BCUT2D eigenvalue weighted by molar-refractivity contribution is 9.10. The van der Waals surface area contributed by atoms with Gasteiger partial charge in [-0.3, -0.25) is 14.6 Å². The highest BCUT2D eigenvalue weighted by atomic mass is 79.9. The molecule has 0 unspecified atom stereocenters. The van der Waals surface area contributed by atoms with Crippen LogP contribution in [0.25, 0.3) is 0 Å². The van der Waals surface area contributed by atoms with Crippen molar-refractivity contribution in [2.24, 2.45) is 0 Å². The van der Waals surface area contributed by atoms with Crippen LogP contribution in [0.1, 0.15) is 23.7 Å². The summed E-state index contributed by atoms with van der Waals surface area (Å²) < 4.78 is 5.27. The number of Topliss-reactive ketones (excluding diaryl/α,β-unsaturated/α-hetero) is 1. The predicted octanol–water partition coefficient (Wildman–Crippen LogP) is 1.98. The predicted molar refractivity (Wildman–Crippen MR) is 57.5 cm³/mol. The Morgan fingerprint density at radius 1 is 1.53 bits per heavy atom. The van der Waals surface area contributed by atoms with E-state index in [-0.39, 0.29) is 18.8 Å². The van der Waals surface area contributed by atoms with Gasteiger partial charge in [0.2, 0.25) is 0 Å². The maximum Gasteiger partial charge on any atom is 0.313 e. The normalized spacial score (nSPS) is 9.73. The molecule has 0 spiro atoms. The van der Waals surface area contributed by atoms with Crippen molar-refractivity contribution in [3.05, 3.63) is 28.5 Å². The van der Waals surface area contributed by atoms with E-state index in [1.165, 1.54) is 12.4 Å². The molecular formula is C10H10BrNO3. The van der Waals surface area contributed by atoms with Crippen LogP contribution < -0.4 is 0 Å². The summed E-state index contributed by atoms with van der Waals surface area (Å²) >= 11 is 3.19. The Kier molecular flexibility index (Phi) is 4.42. The molecule has 0 bridgehead atoms. The van der Waals surface area contributed by atoms with Crippen LogP contribution in [-0.4, -0.2) is 23.3 Å². The molecule has 1 aromatic rings. The van der Waals surface area contributed by atoms with Crippen LogP contribution in [0.4, 0.5) is 0 Å². The van der Waals surface area contributed by atoms with Crippen LogP contribution in [0.5, 0.6) is 0 Å². The van der Waals surface area contributed by atoms with Crippen molar-refractivity contribution in [3.63, 3.8) is 0 Å². The van der Waals surface area contributed by atoms with Crippen molar-refractivity contribution in [3.8, 4) is 0 Å². The molecule has 0 amide bonds. The van der Waals surface area contributed by atoms with E-state index >= 15 is 0 Å². The monoisotopic (exact) mass is 271 g/mol. The zero-order chi connectivity index (χ0) is 11.3. The Balaban J connectivity index is 2.70. The van der Waals surface area contributed by atoms with Crippen molar-refractivity contribution < 1.29 is 14.3 Å². The molecule has 0 atom stereocenters. The molecule has 1 aromatic heterocycles. The van der Waals surface area contributed by atoms with E-state index in [1.807, 2.05) is 0 Å². The number of pyridine rings is 1. The van der Waals surface area contributed by atoms with Gasteiger partial charge in [0.25, 0.3) is 0 Å². The Labute approximate surface area is 95.8 Å². The first-order valence-corrected chi connectivity index (χ1v) is 5.22. The average Bonchev–Trinajstić information content (AvgIpc) is 2.18. The first kappa shape index (κ1) is 11.8. The number of halogens is 1. The number of esters is 1. The number of hydrogen-bond donors (Lipinski definition) is 0. The van der Waals surface area contributed by atoms with Crippen LogP contribution in [0.3, 0.4) is 0 Å². The molecule has 1 rings (SSSR count). The lowest BCUT2D eigenvalue weighted by atomic mass is 10.1. The molecule has 0 N–H and O–H groups in total. The lowest BCUT2D eigenvalue weighted by Crippen LogP contribution is -2.11. The van der Waals surface area contributed by atoms with Crippen molar-refractivity contribution in [1.82, 2.24) is 4.98 Å². The Morgan fingerprint density at radius 3 is 2.87 bits per heavy atom. The van der Waals surface area contributed by atoms with Crippen molar-refractivity contribution in [2.75, 3.05) is 6.61 Å². The lowest BCUT2D eigenvalue weighted by Gasteiger charge is -2.02. The van der Waals surface area contributed by atoms with Gasteiger partial charge in [-0.2, -0.15) is 0 Å². The smallest absolute Gasteiger partial charge is 0.313 e. The molecule has 4 nitrogen and oxygen atoms in total. The quantitative estimate of drug-likeness (QED) is 0.477. The van der Waals surface area contributed by atoms with Gasteiger partial charge in [-0.25, -0.2) is 0 Å². The van der Waals surface area contributed by atoms with Gasteiger partial charge in [0, 0.05) is 22.4 Å². The van der Waals surface area contributed by atoms with Crippen LogP contribution in [0, 0.1) is 0 Å². The number of ether oxygens (including phenoxy) is 1. The molecule has 0 aliphatic heterocycles. The number of nitrogens with zero attached hydrogens (tertiary/aromatic N) is 1. The molecule has 80 valence electrons. The van der Waals surface area contributed by atoms with Gasteiger partial charge in [-0.1, -0.05) is 0 Å². The minimum atomic E-state index is -0.508. The highest BCUT2D eigenvalue weighted by Gasteiger charge is 2.14. The fraction of sp³-hybridized carbons (Fsp3) is 0.300. The largest absolute Gasteiger partial charge is 0.466 e. The van der Waals surface area contributed by atoms with Gasteiger partial charge in [0.15, 0.2) is 5.78 Å². The molecule has 15 heavy (non-hydrogen) atoms. The van der Waals surface area contributed by atoms with E-state index in [2.05, 4.69) is 25.7 Å². The molecular weight excluding hydrogens is 262 g/mol. The van der Waals surface area contributed by atoms with Gasteiger partial charge in [0.1, 0.15) is 6.42 Å². The Hall–Kier alpha value is -1.23. The van der Waals surface area contributed by atoms with Crippen molar-refractivity contribution >= 4 is 27.7 Å². The number of ketones is 1. The first-order valence-electron chi connectivity index (χ1n) is 4.43. The third-order valence-electron chi connectivity index (χ3n) is 1.68. The average molecular weight is 272 g/mol. The van der Waals surface area contributed by atoms with Gasteiger partial charge in [-0.15, -0.1) is 0 Å². The first-order chi connectivity index (χ1) is 7.15. The fourth-order valence-electron chi connectivity index (χ4n) is 1.04. The molecule has 0 aliphatic rings. The summed E-state index contributed by atoms with van der Waals surface area (Å²) in [6.45, 7) is 1.98. The molecule has 1 heterocycles. The molecule has 0 saturated heterocycles. The van der Waals surface area contributed by atoms with E-state index in [9.17, 15) is 9.59 Å². The van der Waals surface area contributed by atoms with Crippen LogP contribution in [0.2, 0.25) is 0 Å². The SMILES string of the molecule is CCOC(=O)CC(=O)c1ccncc1Br. The van der Waals surface area contributed by atoms with Crippen LogP contribution >= 0.6 is 15.9 Å². The lowest BCUT2D eigenvalue weighted by molar-refractivity contribution is -0.141. The number of rotatable bonds is 4. The van der Waals surface area contributed by atoms with Gasteiger partial charge >= 0.3 is 5.97 Å². The van der Waals surface area contributed by atoms with Crippen molar-refractivity contribution in [1.29, 1.82) is 0 Å². The fourth-order valence-corrected chi connectivity index (χ4v) is 1.51. The summed E-state index contributed by atoms with van der Waals surface area (Å²) in [6.07, 6.45) is 2.78. The molecule has 0 aliphatic carbocycles. The molecule has 0 radical (unpaired) electrons. The minimum absolute atomic E-state index is 0.240. The molecule has 0 fully saturated rings. The number of carbonyl (C=O) groups is 2. The summed E-state index contributed by atoms with van der Waals surface area (Å²) in [7, 11) is 0. The molecule has 0 saturated carbocycles.